The molecule has 26 heavy (non-hydrogen) atoms. The number of aryl methyl sites for hydroxylation is 1. The van der Waals surface area contributed by atoms with Crippen molar-refractivity contribution in [1.82, 2.24) is 4.90 Å². The van der Waals surface area contributed by atoms with Crippen molar-refractivity contribution in [1.29, 1.82) is 0 Å². The van der Waals surface area contributed by atoms with Crippen molar-refractivity contribution < 1.29 is 15.0 Å². The number of fused-ring (bicyclic) bond motifs is 3. The molecule has 3 aliphatic heterocycles. The molecule has 0 aliphatic carbocycles. The Morgan fingerprint density at radius 2 is 2.15 bits per heavy atom. The van der Waals surface area contributed by atoms with Gasteiger partial charge in [0.1, 0.15) is 5.60 Å². The third kappa shape index (κ3) is 4.35. The maximum Gasteiger partial charge on any atom is 0.303 e. The van der Waals surface area contributed by atoms with E-state index in [9.17, 15) is 9.90 Å². The lowest BCUT2D eigenvalue weighted by molar-refractivity contribution is -0.137. The third-order valence-corrected chi connectivity index (χ3v) is 5.53. The molecule has 138 valence electrons. The molecule has 0 spiro atoms. The largest absolute Gasteiger partial charge is 0.481 e. The van der Waals surface area contributed by atoms with Crippen molar-refractivity contribution in [2.45, 2.75) is 44.1 Å². The summed E-state index contributed by atoms with van der Waals surface area (Å²) in [5, 5.41) is 19.8. The Hall–Kier alpha value is -2.09. The number of piperidine rings is 3. The molecule has 0 aromatic heterocycles. The minimum Gasteiger partial charge on any atom is -0.481 e. The normalized spacial score (nSPS) is 26.8. The predicted molar refractivity (Wildman–Crippen MR) is 102 cm³/mol. The van der Waals surface area contributed by atoms with Gasteiger partial charge in [-0.1, -0.05) is 30.0 Å². The molecule has 1 aromatic carbocycles. The molecular weight excluding hydrogens is 326 g/mol. The number of nitrogens with zero attached hydrogens (tertiary/aromatic N) is 1. The number of hydrogen-bond donors (Lipinski definition) is 2. The lowest BCUT2D eigenvalue weighted by Gasteiger charge is -2.47. The summed E-state index contributed by atoms with van der Waals surface area (Å²) in [7, 11) is 0. The number of carboxylic acid groups (broad SMARTS) is 1. The van der Waals surface area contributed by atoms with Gasteiger partial charge in [0.15, 0.2) is 0 Å². The van der Waals surface area contributed by atoms with E-state index in [4.69, 9.17) is 5.11 Å². The molecule has 0 amide bonds. The van der Waals surface area contributed by atoms with Gasteiger partial charge in [-0.2, -0.15) is 0 Å². The van der Waals surface area contributed by atoms with Crippen LogP contribution in [0.15, 0.2) is 30.9 Å². The first kappa shape index (κ1) is 18.7. The van der Waals surface area contributed by atoms with Crippen molar-refractivity contribution in [2.75, 3.05) is 19.6 Å². The van der Waals surface area contributed by atoms with Crippen LogP contribution in [0.4, 0.5) is 0 Å². The first-order valence-electron chi connectivity index (χ1n) is 9.42. The van der Waals surface area contributed by atoms with Crippen LogP contribution in [0.1, 0.15) is 42.4 Å². The predicted octanol–water partition coefficient (Wildman–Crippen LogP) is 2.63. The first-order valence-corrected chi connectivity index (χ1v) is 9.42. The second-order valence-electron chi connectivity index (χ2n) is 7.46. The Balaban J connectivity index is 1.77. The van der Waals surface area contributed by atoms with E-state index in [1.54, 1.807) is 0 Å². The molecule has 2 N–H and O–H groups in total. The molecule has 2 bridgehead atoms. The van der Waals surface area contributed by atoms with Crippen molar-refractivity contribution in [3.05, 3.63) is 47.5 Å². The van der Waals surface area contributed by atoms with Crippen LogP contribution in [0.5, 0.6) is 0 Å². The van der Waals surface area contributed by atoms with E-state index >= 15 is 0 Å². The average Bonchev–Trinajstić information content (AvgIpc) is 2.62. The van der Waals surface area contributed by atoms with Crippen LogP contribution in [-0.2, 0) is 17.6 Å². The summed E-state index contributed by atoms with van der Waals surface area (Å²) in [4.78, 5) is 13.0. The molecule has 4 rings (SSSR count). The Morgan fingerprint density at radius 1 is 1.38 bits per heavy atom. The molecule has 1 aromatic rings. The quantitative estimate of drug-likeness (QED) is 0.610. The number of allylic oxidation sites excluding steroid dienone is 1. The highest BCUT2D eigenvalue weighted by atomic mass is 16.4. The fraction of sp³-hybridized carbons (Fsp3) is 0.500. The number of carboxylic acids is 1. The molecule has 4 heteroatoms. The molecule has 1 unspecified atom stereocenters. The van der Waals surface area contributed by atoms with E-state index in [-0.39, 0.29) is 12.3 Å². The molecular formula is C22H27NO3. The zero-order chi connectivity index (χ0) is 18.6. The first-order chi connectivity index (χ1) is 12.5. The van der Waals surface area contributed by atoms with Crippen molar-refractivity contribution in [3.63, 3.8) is 0 Å². The van der Waals surface area contributed by atoms with Crippen molar-refractivity contribution in [2.24, 2.45) is 5.92 Å². The molecule has 3 fully saturated rings. The zero-order valence-electron chi connectivity index (χ0n) is 15.2. The summed E-state index contributed by atoms with van der Waals surface area (Å²) in [5.41, 5.74) is 2.24. The van der Waals surface area contributed by atoms with Crippen LogP contribution in [0.2, 0.25) is 0 Å². The Morgan fingerprint density at radius 3 is 2.77 bits per heavy atom. The Bertz CT molecular complexity index is 737. The smallest absolute Gasteiger partial charge is 0.303 e. The van der Waals surface area contributed by atoms with Gasteiger partial charge in [-0.25, -0.2) is 0 Å². The molecule has 4 nitrogen and oxygen atoms in total. The lowest BCUT2D eigenvalue weighted by atomic mass is 9.75. The van der Waals surface area contributed by atoms with Crippen LogP contribution < -0.4 is 0 Å². The molecule has 0 radical (unpaired) electrons. The highest BCUT2D eigenvalue weighted by Crippen LogP contribution is 2.35. The summed E-state index contributed by atoms with van der Waals surface area (Å²) in [5.74, 6) is 5.92. The minimum atomic E-state index is -0.901. The highest BCUT2D eigenvalue weighted by Gasteiger charge is 2.44. The average molecular weight is 353 g/mol. The van der Waals surface area contributed by atoms with Gasteiger partial charge >= 0.3 is 5.97 Å². The maximum atomic E-state index is 11.0. The van der Waals surface area contributed by atoms with Gasteiger partial charge in [0.25, 0.3) is 0 Å². The number of rotatable bonds is 6. The summed E-state index contributed by atoms with van der Waals surface area (Å²) in [6, 6.07) is 6.10. The third-order valence-electron chi connectivity index (χ3n) is 5.53. The van der Waals surface area contributed by atoms with Crippen molar-refractivity contribution >= 4 is 5.97 Å². The molecule has 3 aliphatic rings. The molecule has 0 saturated carbocycles. The summed E-state index contributed by atoms with van der Waals surface area (Å²) in [6.07, 6.45) is 6.16. The van der Waals surface area contributed by atoms with Gasteiger partial charge in [-0.15, -0.1) is 6.58 Å². The molecule has 1 atom stereocenters. The number of benzene rings is 1. The molecule has 3 saturated heterocycles. The zero-order valence-corrected chi connectivity index (χ0v) is 15.2. The van der Waals surface area contributed by atoms with Crippen LogP contribution in [0.3, 0.4) is 0 Å². The van der Waals surface area contributed by atoms with Gasteiger partial charge in [-0.05, 0) is 62.4 Å². The van der Waals surface area contributed by atoms with E-state index in [0.29, 0.717) is 19.4 Å². The fourth-order valence-corrected chi connectivity index (χ4v) is 4.05. The topological polar surface area (TPSA) is 60.8 Å². The van der Waals surface area contributed by atoms with Crippen LogP contribution >= 0.6 is 0 Å². The number of carbonyl (C=O) groups is 1. The van der Waals surface area contributed by atoms with E-state index < -0.39 is 11.6 Å². The van der Waals surface area contributed by atoms with Gasteiger partial charge in [0, 0.05) is 24.4 Å². The maximum absolute atomic E-state index is 11.0. The fourth-order valence-electron chi connectivity index (χ4n) is 4.05. The van der Waals surface area contributed by atoms with Gasteiger partial charge < -0.3 is 10.2 Å². The Kier molecular flexibility index (Phi) is 5.80. The number of aliphatic carboxylic acids is 1. The summed E-state index contributed by atoms with van der Waals surface area (Å²) in [6.45, 7) is 6.61. The SMILES string of the molecule is C=CCc1cc(CCCC(=O)O)ccc1C#CC1(O)CN2CCC1CC2. The number of hydrogen-bond acceptors (Lipinski definition) is 3. The van der Waals surface area contributed by atoms with Crippen molar-refractivity contribution in [3.8, 4) is 11.8 Å². The van der Waals surface area contributed by atoms with Crippen LogP contribution in [0, 0.1) is 17.8 Å². The van der Waals surface area contributed by atoms with Gasteiger partial charge in [0.2, 0.25) is 0 Å². The lowest BCUT2D eigenvalue weighted by Crippen LogP contribution is -2.58. The van der Waals surface area contributed by atoms with E-state index in [1.807, 2.05) is 18.2 Å². The second-order valence-corrected chi connectivity index (χ2v) is 7.46. The van der Waals surface area contributed by atoms with Gasteiger partial charge in [0.05, 0.1) is 0 Å². The Labute approximate surface area is 155 Å². The summed E-state index contributed by atoms with van der Waals surface area (Å²) >= 11 is 0. The van der Waals surface area contributed by atoms with E-state index in [2.05, 4.69) is 29.4 Å². The van der Waals surface area contributed by atoms with Crippen LogP contribution in [0.25, 0.3) is 0 Å². The van der Waals surface area contributed by atoms with E-state index in [1.165, 1.54) is 0 Å². The second kappa shape index (κ2) is 8.07. The standard InChI is InChI=1S/C22H27NO3/c1-2-4-19-15-17(5-3-6-21(24)25)7-8-18(19)9-12-22(26)16-23-13-10-20(22)11-14-23/h2,7-8,15,20,26H,1,3-6,10-11,13-14,16H2,(H,24,25). The summed E-state index contributed by atoms with van der Waals surface area (Å²) < 4.78 is 0. The van der Waals surface area contributed by atoms with Crippen LogP contribution in [-0.4, -0.2) is 46.3 Å². The minimum absolute atomic E-state index is 0.184. The monoisotopic (exact) mass is 353 g/mol. The van der Waals surface area contributed by atoms with E-state index in [0.717, 1.165) is 49.0 Å². The highest BCUT2D eigenvalue weighted by molar-refractivity contribution is 5.66. The molecule has 3 heterocycles. The number of aliphatic hydroxyl groups is 1. The van der Waals surface area contributed by atoms with Gasteiger partial charge in [-0.3, -0.25) is 9.69 Å².